The number of ketones is 1. The Kier molecular flexibility index (Phi) is 1.75. The van der Waals surface area contributed by atoms with Crippen LogP contribution >= 0.6 is 0 Å². The van der Waals surface area contributed by atoms with Gasteiger partial charge >= 0.3 is 5.97 Å². The van der Waals surface area contributed by atoms with Crippen LogP contribution in [0.1, 0.15) is 13.3 Å². The second kappa shape index (κ2) is 2.69. The molecule has 0 aromatic carbocycles. The first kappa shape index (κ1) is 8.48. The van der Waals surface area contributed by atoms with Crippen molar-refractivity contribution in [3.63, 3.8) is 0 Å². The Balaban J connectivity index is 2.30. The van der Waals surface area contributed by atoms with Gasteiger partial charge in [0.2, 0.25) is 0 Å². The van der Waals surface area contributed by atoms with Crippen molar-refractivity contribution < 1.29 is 14.7 Å². The third-order valence-electron chi connectivity index (χ3n) is 3.21. The number of fused-ring (bicyclic) bond motifs is 2. The van der Waals surface area contributed by atoms with E-state index in [2.05, 4.69) is 0 Å². The fourth-order valence-corrected chi connectivity index (χ4v) is 2.71. The summed E-state index contributed by atoms with van der Waals surface area (Å²) in [6, 6.07) is 0. The van der Waals surface area contributed by atoms with E-state index in [1.165, 1.54) is 6.92 Å². The average molecular weight is 180 g/mol. The van der Waals surface area contributed by atoms with Gasteiger partial charge in [0.15, 0.2) is 0 Å². The monoisotopic (exact) mass is 180 g/mol. The molecule has 0 saturated heterocycles. The molecule has 0 heterocycles. The molecule has 1 N–H and O–H groups in total. The summed E-state index contributed by atoms with van der Waals surface area (Å²) in [4.78, 5) is 22.2. The Labute approximate surface area is 76.4 Å². The predicted octanol–water partition coefficient (Wildman–Crippen LogP) is 1.10. The van der Waals surface area contributed by atoms with E-state index in [9.17, 15) is 9.59 Å². The molecule has 4 atom stereocenters. The van der Waals surface area contributed by atoms with Crippen molar-refractivity contribution in [2.75, 3.05) is 0 Å². The molecule has 0 aromatic rings. The van der Waals surface area contributed by atoms with Gasteiger partial charge in [-0.1, -0.05) is 12.2 Å². The minimum Gasteiger partial charge on any atom is -0.481 e. The number of carboxylic acids is 1. The SMILES string of the molecule is CC(=O)[C@@H]1[C@@H](C(=O)O)[C@@H]2C=C[C@H]1C2. The van der Waals surface area contributed by atoms with Gasteiger partial charge in [-0.2, -0.15) is 0 Å². The van der Waals surface area contributed by atoms with E-state index in [1.54, 1.807) is 0 Å². The second-order valence-corrected chi connectivity index (χ2v) is 3.95. The zero-order chi connectivity index (χ0) is 9.59. The van der Waals surface area contributed by atoms with Crippen LogP contribution in [0.4, 0.5) is 0 Å². The number of rotatable bonds is 2. The molecule has 70 valence electrons. The maximum absolute atomic E-state index is 11.3. The Morgan fingerprint density at radius 2 is 1.77 bits per heavy atom. The Morgan fingerprint density at radius 1 is 1.23 bits per heavy atom. The highest BCUT2D eigenvalue weighted by molar-refractivity contribution is 5.86. The van der Waals surface area contributed by atoms with Crippen molar-refractivity contribution >= 4 is 11.8 Å². The number of carbonyl (C=O) groups excluding carboxylic acids is 1. The van der Waals surface area contributed by atoms with Crippen LogP contribution in [-0.4, -0.2) is 16.9 Å². The van der Waals surface area contributed by atoms with Gasteiger partial charge in [0.25, 0.3) is 0 Å². The topological polar surface area (TPSA) is 54.4 Å². The lowest BCUT2D eigenvalue weighted by atomic mass is 9.81. The van der Waals surface area contributed by atoms with E-state index >= 15 is 0 Å². The van der Waals surface area contributed by atoms with Gasteiger partial charge in [0, 0.05) is 5.92 Å². The molecule has 13 heavy (non-hydrogen) atoms. The quantitative estimate of drug-likeness (QED) is 0.647. The highest BCUT2D eigenvalue weighted by atomic mass is 16.4. The van der Waals surface area contributed by atoms with Gasteiger partial charge in [-0.05, 0) is 25.2 Å². The number of carbonyl (C=O) groups is 2. The second-order valence-electron chi connectivity index (χ2n) is 3.95. The van der Waals surface area contributed by atoms with Crippen LogP contribution in [-0.2, 0) is 9.59 Å². The first-order chi connectivity index (χ1) is 6.11. The maximum Gasteiger partial charge on any atom is 0.307 e. The van der Waals surface area contributed by atoms with E-state index < -0.39 is 11.9 Å². The third kappa shape index (κ3) is 1.10. The van der Waals surface area contributed by atoms with Crippen molar-refractivity contribution in [1.29, 1.82) is 0 Å². The summed E-state index contributed by atoms with van der Waals surface area (Å²) in [5.41, 5.74) is 0. The fraction of sp³-hybridized carbons (Fsp3) is 0.600. The summed E-state index contributed by atoms with van der Waals surface area (Å²) in [5.74, 6) is -1.26. The summed E-state index contributed by atoms with van der Waals surface area (Å²) >= 11 is 0. The summed E-state index contributed by atoms with van der Waals surface area (Å²) in [6.45, 7) is 1.50. The van der Waals surface area contributed by atoms with Crippen LogP contribution in [0.5, 0.6) is 0 Å². The largest absolute Gasteiger partial charge is 0.481 e. The first-order valence-electron chi connectivity index (χ1n) is 4.53. The number of hydrogen-bond donors (Lipinski definition) is 1. The van der Waals surface area contributed by atoms with Gasteiger partial charge < -0.3 is 5.11 Å². The average Bonchev–Trinajstić information content (AvgIpc) is 2.60. The molecular weight excluding hydrogens is 168 g/mol. The first-order valence-corrected chi connectivity index (χ1v) is 4.53. The van der Waals surface area contributed by atoms with E-state index in [0.717, 1.165) is 6.42 Å². The maximum atomic E-state index is 11.3. The fourth-order valence-electron chi connectivity index (χ4n) is 2.71. The van der Waals surface area contributed by atoms with Crippen LogP contribution in [0.15, 0.2) is 12.2 Å². The van der Waals surface area contributed by atoms with Crippen molar-refractivity contribution in [3.8, 4) is 0 Å². The summed E-state index contributed by atoms with van der Waals surface area (Å²) in [5, 5.41) is 8.97. The zero-order valence-corrected chi connectivity index (χ0v) is 7.43. The lowest BCUT2D eigenvalue weighted by molar-refractivity contribution is -0.147. The molecule has 0 unspecified atom stereocenters. The molecule has 2 aliphatic rings. The van der Waals surface area contributed by atoms with E-state index in [0.29, 0.717) is 0 Å². The molecule has 3 heteroatoms. The molecule has 0 spiro atoms. The molecule has 0 radical (unpaired) electrons. The predicted molar refractivity (Wildman–Crippen MR) is 46.0 cm³/mol. The van der Waals surface area contributed by atoms with Gasteiger partial charge in [0.05, 0.1) is 5.92 Å². The zero-order valence-electron chi connectivity index (χ0n) is 7.43. The molecule has 2 rings (SSSR count). The highest BCUT2D eigenvalue weighted by Crippen LogP contribution is 2.48. The van der Waals surface area contributed by atoms with Crippen LogP contribution in [0.3, 0.4) is 0 Å². The number of allylic oxidation sites excluding steroid dienone is 2. The molecule has 1 fully saturated rings. The van der Waals surface area contributed by atoms with Gasteiger partial charge in [-0.3, -0.25) is 9.59 Å². The van der Waals surface area contributed by atoms with Gasteiger partial charge in [-0.15, -0.1) is 0 Å². The summed E-state index contributed by atoms with van der Waals surface area (Å²) in [7, 11) is 0. The molecule has 2 aliphatic carbocycles. The van der Waals surface area contributed by atoms with Gasteiger partial charge in [0.1, 0.15) is 5.78 Å². The van der Waals surface area contributed by atoms with Crippen LogP contribution in [0.2, 0.25) is 0 Å². The molecule has 0 amide bonds. The smallest absolute Gasteiger partial charge is 0.307 e. The van der Waals surface area contributed by atoms with Crippen LogP contribution in [0.25, 0.3) is 0 Å². The standard InChI is InChI=1S/C10H12O3/c1-5(11)8-6-2-3-7(4-6)9(8)10(12)13/h2-3,6-9H,4H2,1H3,(H,12,13)/t6-,7+,8-,9-/m0/s1. The Bertz CT molecular complexity index is 265. The van der Waals surface area contributed by atoms with E-state index in [4.69, 9.17) is 5.11 Å². The molecule has 0 aromatic heterocycles. The molecule has 3 nitrogen and oxygen atoms in total. The number of Topliss-reactive ketones (excluding diaryl/α,β-unsaturated/α-hetero) is 1. The molecule has 2 bridgehead atoms. The van der Waals surface area contributed by atoms with Crippen molar-refractivity contribution in [2.24, 2.45) is 23.7 Å². The highest BCUT2D eigenvalue weighted by Gasteiger charge is 2.50. The number of hydrogen-bond acceptors (Lipinski definition) is 2. The number of carboxylic acid groups (broad SMARTS) is 1. The van der Waals surface area contributed by atoms with E-state index in [1.807, 2.05) is 12.2 Å². The van der Waals surface area contributed by atoms with Crippen molar-refractivity contribution in [3.05, 3.63) is 12.2 Å². The van der Waals surface area contributed by atoms with E-state index in [-0.39, 0.29) is 23.5 Å². The van der Waals surface area contributed by atoms with Crippen LogP contribution < -0.4 is 0 Å². The lowest BCUT2D eigenvalue weighted by Crippen LogP contribution is -2.31. The minimum atomic E-state index is -0.822. The molecule has 0 aliphatic heterocycles. The van der Waals surface area contributed by atoms with Crippen molar-refractivity contribution in [1.82, 2.24) is 0 Å². The Morgan fingerprint density at radius 3 is 2.15 bits per heavy atom. The Hall–Kier alpha value is -1.12. The normalized spacial score (nSPS) is 41.0. The summed E-state index contributed by atoms with van der Waals surface area (Å²) < 4.78 is 0. The van der Waals surface area contributed by atoms with Crippen molar-refractivity contribution in [2.45, 2.75) is 13.3 Å². The lowest BCUT2D eigenvalue weighted by Gasteiger charge is -2.21. The van der Waals surface area contributed by atoms with Crippen LogP contribution in [0, 0.1) is 23.7 Å². The molecule has 1 saturated carbocycles. The van der Waals surface area contributed by atoms with Gasteiger partial charge in [-0.25, -0.2) is 0 Å². The summed E-state index contributed by atoms with van der Waals surface area (Å²) in [6.07, 6.45) is 4.79. The molecular formula is C10H12O3. The number of aliphatic carboxylic acids is 1. The third-order valence-corrected chi connectivity index (χ3v) is 3.21. The minimum absolute atomic E-state index is 0.0178.